The number of nitrogens with two attached hydrogens (primary N) is 1. The van der Waals surface area contributed by atoms with E-state index in [-0.39, 0.29) is 0 Å². The fraction of sp³-hybridized carbons (Fsp3) is 0.800. The van der Waals surface area contributed by atoms with Gasteiger partial charge >= 0.3 is 0 Å². The molecule has 0 saturated carbocycles. The maximum atomic E-state index is 5.51. The van der Waals surface area contributed by atoms with Crippen LogP contribution in [0.25, 0.3) is 0 Å². The molecule has 1 rings (SSSR count). The quantitative estimate of drug-likeness (QED) is 0.515. The minimum atomic E-state index is 0.319. The van der Waals surface area contributed by atoms with Crippen molar-refractivity contribution < 1.29 is 9.47 Å². The average molecular weight is 185 g/mol. The number of hydrogen-bond donors (Lipinski definition) is 1. The second-order valence-corrected chi connectivity index (χ2v) is 3.23. The van der Waals surface area contributed by atoms with Gasteiger partial charge in [0.1, 0.15) is 0 Å². The van der Waals surface area contributed by atoms with Crippen molar-refractivity contribution in [3.8, 4) is 0 Å². The Balaban J connectivity index is 1.95. The molecule has 1 heterocycles. The van der Waals surface area contributed by atoms with Crippen molar-refractivity contribution in [2.75, 3.05) is 26.4 Å². The first-order chi connectivity index (χ1) is 6.43. The third-order valence-electron chi connectivity index (χ3n) is 2.09. The largest absolute Gasteiger partial charge is 0.376 e. The third-order valence-corrected chi connectivity index (χ3v) is 2.09. The summed E-state index contributed by atoms with van der Waals surface area (Å²) < 4.78 is 10.9. The smallest absolute Gasteiger partial charge is 0.0808 e. The van der Waals surface area contributed by atoms with Crippen LogP contribution in [0.4, 0.5) is 0 Å². The van der Waals surface area contributed by atoms with Crippen LogP contribution in [0.1, 0.15) is 19.3 Å². The lowest BCUT2D eigenvalue weighted by atomic mass is 10.1. The zero-order valence-electron chi connectivity index (χ0n) is 8.08. The Morgan fingerprint density at radius 2 is 2.31 bits per heavy atom. The van der Waals surface area contributed by atoms with E-state index in [0.717, 1.165) is 19.6 Å². The second kappa shape index (κ2) is 7.06. The van der Waals surface area contributed by atoms with Crippen molar-refractivity contribution in [3.05, 3.63) is 12.2 Å². The first-order valence-electron chi connectivity index (χ1n) is 4.98. The summed E-state index contributed by atoms with van der Waals surface area (Å²) in [7, 11) is 0. The maximum absolute atomic E-state index is 5.51. The van der Waals surface area contributed by atoms with E-state index in [1.165, 1.54) is 12.8 Å². The lowest BCUT2D eigenvalue weighted by molar-refractivity contribution is -0.0354. The minimum Gasteiger partial charge on any atom is -0.376 e. The summed E-state index contributed by atoms with van der Waals surface area (Å²) in [6, 6.07) is 0. The molecule has 0 aromatic rings. The van der Waals surface area contributed by atoms with E-state index in [9.17, 15) is 0 Å². The van der Waals surface area contributed by atoms with Gasteiger partial charge in [0.25, 0.3) is 0 Å². The van der Waals surface area contributed by atoms with Crippen molar-refractivity contribution in [2.45, 2.75) is 25.4 Å². The molecular weight excluding hydrogens is 166 g/mol. The average Bonchev–Trinajstić information content (AvgIpc) is 2.19. The van der Waals surface area contributed by atoms with Gasteiger partial charge in [-0.2, -0.15) is 0 Å². The number of rotatable bonds is 5. The van der Waals surface area contributed by atoms with Crippen molar-refractivity contribution in [2.24, 2.45) is 5.73 Å². The van der Waals surface area contributed by atoms with E-state index in [1.807, 2.05) is 12.2 Å². The molecule has 0 aliphatic carbocycles. The SMILES string of the molecule is NCC=CCOCC1CCCCO1. The first-order valence-corrected chi connectivity index (χ1v) is 4.98. The second-order valence-electron chi connectivity index (χ2n) is 3.23. The first kappa shape index (κ1) is 10.7. The molecule has 0 aromatic heterocycles. The molecule has 76 valence electrons. The highest BCUT2D eigenvalue weighted by Gasteiger charge is 2.12. The Labute approximate surface area is 79.9 Å². The van der Waals surface area contributed by atoms with E-state index >= 15 is 0 Å². The molecule has 2 N–H and O–H groups in total. The normalized spacial score (nSPS) is 23.9. The van der Waals surface area contributed by atoms with Crippen LogP contribution in [0.15, 0.2) is 12.2 Å². The Morgan fingerprint density at radius 1 is 1.38 bits per heavy atom. The molecule has 0 bridgehead atoms. The fourth-order valence-electron chi connectivity index (χ4n) is 1.37. The molecule has 0 radical (unpaired) electrons. The van der Waals surface area contributed by atoms with Gasteiger partial charge in [-0.25, -0.2) is 0 Å². The molecule has 1 atom stereocenters. The van der Waals surface area contributed by atoms with E-state index in [4.69, 9.17) is 15.2 Å². The minimum absolute atomic E-state index is 0.319. The summed E-state index contributed by atoms with van der Waals surface area (Å²) >= 11 is 0. The number of ether oxygens (including phenoxy) is 2. The Bertz CT molecular complexity index is 142. The molecule has 13 heavy (non-hydrogen) atoms. The van der Waals surface area contributed by atoms with Crippen molar-refractivity contribution >= 4 is 0 Å². The Morgan fingerprint density at radius 3 is 3.00 bits per heavy atom. The molecule has 1 unspecified atom stereocenters. The third kappa shape index (κ3) is 5.03. The van der Waals surface area contributed by atoms with Crippen LogP contribution < -0.4 is 5.73 Å². The van der Waals surface area contributed by atoms with Gasteiger partial charge in [-0.05, 0) is 19.3 Å². The summed E-state index contributed by atoms with van der Waals surface area (Å²) in [6.07, 6.45) is 7.78. The van der Waals surface area contributed by atoms with Gasteiger partial charge in [0, 0.05) is 13.2 Å². The summed E-state index contributed by atoms with van der Waals surface area (Å²) in [5, 5.41) is 0. The molecule has 1 saturated heterocycles. The molecular formula is C10H19NO2. The predicted octanol–water partition coefficient (Wildman–Crippen LogP) is 1.09. The van der Waals surface area contributed by atoms with E-state index in [1.54, 1.807) is 0 Å². The molecule has 3 nitrogen and oxygen atoms in total. The highest BCUT2D eigenvalue weighted by atomic mass is 16.5. The van der Waals surface area contributed by atoms with E-state index < -0.39 is 0 Å². The van der Waals surface area contributed by atoms with Gasteiger partial charge in [0.05, 0.1) is 19.3 Å². The van der Waals surface area contributed by atoms with Crippen LogP contribution in [0.5, 0.6) is 0 Å². The van der Waals surface area contributed by atoms with Crippen molar-refractivity contribution in [1.29, 1.82) is 0 Å². The number of hydrogen-bond acceptors (Lipinski definition) is 3. The summed E-state index contributed by atoms with van der Waals surface area (Å²) in [5.74, 6) is 0. The van der Waals surface area contributed by atoms with Gasteiger partial charge in [-0.1, -0.05) is 12.2 Å². The molecule has 0 spiro atoms. The lowest BCUT2D eigenvalue weighted by Gasteiger charge is -2.21. The van der Waals surface area contributed by atoms with Crippen molar-refractivity contribution in [3.63, 3.8) is 0 Å². The van der Waals surface area contributed by atoms with Crippen LogP contribution in [-0.4, -0.2) is 32.5 Å². The van der Waals surface area contributed by atoms with Gasteiger partial charge in [-0.3, -0.25) is 0 Å². The Hall–Kier alpha value is -0.380. The van der Waals surface area contributed by atoms with Gasteiger partial charge in [-0.15, -0.1) is 0 Å². The summed E-state index contributed by atoms with van der Waals surface area (Å²) in [5.41, 5.74) is 5.29. The molecule has 1 aliphatic rings. The predicted molar refractivity (Wildman–Crippen MR) is 52.6 cm³/mol. The van der Waals surface area contributed by atoms with E-state index in [0.29, 0.717) is 19.3 Å². The van der Waals surface area contributed by atoms with E-state index in [2.05, 4.69) is 0 Å². The zero-order valence-corrected chi connectivity index (χ0v) is 8.08. The molecule has 0 amide bonds. The lowest BCUT2D eigenvalue weighted by Crippen LogP contribution is -2.24. The van der Waals surface area contributed by atoms with Crippen LogP contribution >= 0.6 is 0 Å². The maximum Gasteiger partial charge on any atom is 0.0808 e. The van der Waals surface area contributed by atoms with Crippen LogP contribution in [0.2, 0.25) is 0 Å². The summed E-state index contributed by atoms with van der Waals surface area (Å²) in [6.45, 7) is 2.85. The van der Waals surface area contributed by atoms with Crippen LogP contribution in [0.3, 0.4) is 0 Å². The highest BCUT2D eigenvalue weighted by molar-refractivity contribution is 4.82. The molecule has 1 fully saturated rings. The Kier molecular flexibility index (Phi) is 5.81. The van der Waals surface area contributed by atoms with Crippen LogP contribution in [0, 0.1) is 0 Å². The standard InChI is InChI=1S/C10H19NO2/c11-6-2-4-7-12-9-10-5-1-3-8-13-10/h2,4,10H,1,3,5-9,11H2. The van der Waals surface area contributed by atoms with Crippen molar-refractivity contribution in [1.82, 2.24) is 0 Å². The monoisotopic (exact) mass is 185 g/mol. The topological polar surface area (TPSA) is 44.5 Å². The van der Waals surface area contributed by atoms with Gasteiger partial charge in [0.15, 0.2) is 0 Å². The van der Waals surface area contributed by atoms with Crippen LogP contribution in [-0.2, 0) is 9.47 Å². The van der Waals surface area contributed by atoms with Gasteiger partial charge < -0.3 is 15.2 Å². The summed E-state index contributed by atoms with van der Waals surface area (Å²) in [4.78, 5) is 0. The molecule has 3 heteroatoms. The molecule has 0 aromatic carbocycles. The highest BCUT2D eigenvalue weighted by Crippen LogP contribution is 2.12. The fourth-order valence-corrected chi connectivity index (χ4v) is 1.37. The zero-order chi connectivity index (χ0) is 9.36. The molecule has 1 aliphatic heterocycles. The van der Waals surface area contributed by atoms with Gasteiger partial charge in [0.2, 0.25) is 0 Å².